The van der Waals surface area contributed by atoms with E-state index in [2.05, 4.69) is 61.0 Å². The summed E-state index contributed by atoms with van der Waals surface area (Å²) in [6.07, 6.45) is 8.36. The van der Waals surface area contributed by atoms with Crippen molar-refractivity contribution in [2.75, 3.05) is 0 Å². The quantitative estimate of drug-likeness (QED) is 0.202. The van der Waals surface area contributed by atoms with Crippen LogP contribution in [0.5, 0.6) is 0 Å². The minimum absolute atomic E-state index is 0.0935. The maximum absolute atomic E-state index is 6.39. The summed E-state index contributed by atoms with van der Waals surface area (Å²) >= 11 is 20.4. The fraction of sp³-hybridized carbons (Fsp3) is 0.300. The van der Waals surface area contributed by atoms with Gasteiger partial charge in [0.05, 0.1) is 10.8 Å². The molecule has 0 aliphatic carbocycles. The van der Waals surface area contributed by atoms with E-state index in [-0.39, 0.29) is 10.8 Å². The molecule has 132 valence electrons. The molecule has 25 heavy (non-hydrogen) atoms. The molecule has 0 aromatic heterocycles. The van der Waals surface area contributed by atoms with Gasteiger partial charge in [0.1, 0.15) is 0 Å². The SMILES string of the molecule is ClC(CC/C=C/CCC(Cl)c1ccccc1)c1ccccc1.S=BS. The number of rotatable bonds is 8. The third-order valence-corrected chi connectivity index (χ3v) is 4.60. The number of hydrogen-bond donors (Lipinski definition) is 1. The molecule has 0 aliphatic rings. The third-order valence-electron chi connectivity index (χ3n) is 3.66. The number of hydrogen-bond acceptors (Lipinski definition) is 1. The van der Waals surface area contributed by atoms with Crippen molar-refractivity contribution < 1.29 is 0 Å². The number of halogens is 2. The molecule has 0 heterocycles. The van der Waals surface area contributed by atoms with Gasteiger partial charge < -0.3 is 0 Å². The molecule has 0 saturated heterocycles. The van der Waals surface area contributed by atoms with E-state index < -0.39 is 0 Å². The molecule has 0 nitrogen and oxygen atoms in total. The summed E-state index contributed by atoms with van der Waals surface area (Å²) in [7, 11) is 0. The van der Waals surface area contributed by atoms with Crippen molar-refractivity contribution in [2.24, 2.45) is 0 Å². The van der Waals surface area contributed by atoms with Gasteiger partial charge in [-0.05, 0) is 36.8 Å². The molecule has 0 saturated carbocycles. The van der Waals surface area contributed by atoms with E-state index in [9.17, 15) is 0 Å². The fourth-order valence-corrected chi connectivity index (χ4v) is 2.92. The van der Waals surface area contributed by atoms with E-state index in [1.807, 2.05) is 36.4 Å². The third kappa shape index (κ3) is 10.2. The monoisotopic (exact) mass is 408 g/mol. The predicted octanol–water partition coefficient (Wildman–Crippen LogP) is 7.71. The van der Waals surface area contributed by atoms with Crippen molar-refractivity contribution in [2.45, 2.75) is 36.4 Å². The molecule has 2 atom stereocenters. The van der Waals surface area contributed by atoms with E-state index in [0.717, 1.165) is 25.7 Å². The summed E-state index contributed by atoms with van der Waals surface area (Å²) in [5.74, 6) is 0. The topological polar surface area (TPSA) is 0 Å². The standard InChI is InChI=1S/C20H22Cl2.BHS2/c21-19(17-11-5-3-6-12-17)15-9-1-2-10-16-20(22)18-13-7-4-8-14-18;2-1-3/h1-8,11-14,19-20H,9-10,15-16H2;2H/b2-1+;. The van der Waals surface area contributed by atoms with Gasteiger partial charge in [-0.2, -0.15) is 0 Å². The molecule has 0 bridgehead atoms. The second-order valence-electron chi connectivity index (χ2n) is 5.49. The molecule has 0 N–H and O–H groups in total. The van der Waals surface area contributed by atoms with Crippen LogP contribution in [-0.4, -0.2) is 5.43 Å². The zero-order chi connectivity index (χ0) is 18.3. The summed E-state index contributed by atoms with van der Waals surface area (Å²) in [6, 6.07) is 20.5. The molecular formula is C20H23BCl2S2. The van der Waals surface area contributed by atoms with Gasteiger partial charge in [-0.15, -0.1) is 23.2 Å². The fourth-order valence-electron chi connectivity index (χ4n) is 2.38. The van der Waals surface area contributed by atoms with Crippen LogP contribution in [0.4, 0.5) is 0 Å². The van der Waals surface area contributed by atoms with Crippen LogP contribution in [0, 0.1) is 0 Å². The van der Waals surface area contributed by atoms with Crippen molar-refractivity contribution in [1.82, 2.24) is 0 Å². The van der Waals surface area contributed by atoms with Gasteiger partial charge in [-0.3, -0.25) is 0 Å². The second kappa shape index (κ2) is 14.6. The molecule has 0 spiro atoms. The van der Waals surface area contributed by atoms with Gasteiger partial charge in [0.2, 0.25) is 0 Å². The molecule has 0 radical (unpaired) electrons. The number of benzene rings is 2. The summed E-state index contributed by atoms with van der Waals surface area (Å²) in [4.78, 5) is 0. The van der Waals surface area contributed by atoms with Gasteiger partial charge in [-0.1, -0.05) is 72.8 Å². The van der Waals surface area contributed by atoms with Crippen molar-refractivity contribution >= 4 is 53.2 Å². The minimum atomic E-state index is 0.0935. The van der Waals surface area contributed by atoms with E-state index in [4.69, 9.17) is 23.2 Å². The maximum atomic E-state index is 6.39. The Morgan fingerprint density at radius 2 is 1.12 bits per heavy atom. The Balaban J connectivity index is 0.000000970. The molecule has 2 aromatic carbocycles. The molecular weight excluding hydrogens is 386 g/mol. The number of alkyl halides is 2. The van der Waals surface area contributed by atoms with Crippen LogP contribution in [-0.2, 0) is 0 Å². The Labute approximate surface area is 173 Å². The Morgan fingerprint density at radius 3 is 1.44 bits per heavy atom. The first-order valence-corrected chi connectivity index (χ1v) is 10.2. The van der Waals surface area contributed by atoms with Crippen LogP contribution in [0.15, 0.2) is 72.8 Å². The van der Waals surface area contributed by atoms with Crippen molar-refractivity contribution in [3.05, 3.63) is 83.9 Å². The number of allylic oxidation sites excluding steroid dienone is 2. The molecule has 0 aliphatic heterocycles. The predicted molar refractivity (Wildman–Crippen MR) is 120 cm³/mol. The van der Waals surface area contributed by atoms with Crippen LogP contribution < -0.4 is 0 Å². The Morgan fingerprint density at radius 1 is 0.800 bits per heavy atom. The first-order valence-electron chi connectivity index (χ1n) is 8.30. The van der Waals surface area contributed by atoms with Gasteiger partial charge in [0.25, 0.3) is 0 Å². The number of thiol groups is 1. The zero-order valence-corrected chi connectivity index (χ0v) is 17.3. The van der Waals surface area contributed by atoms with Crippen molar-refractivity contribution in [1.29, 1.82) is 0 Å². The van der Waals surface area contributed by atoms with Gasteiger partial charge >= 0.3 is 30.0 Å². The van der Waals surface area contributed by atoms with E-state index in [1.54, 1.807) is 0 Å². The van der Waals surface area contributed by atoms with E-state index in [0.29, 0.717) is 0 Å². The Hall–Kier alpha value is -0.605. The average Bonchev–Trinajstić information content (AvgIpc) is 2.66. The summed E-state index contributed by atoms with van der Waals surface area (Å²) in [5, 5.41) is 0.187. The summed E-state index contributed by atoms with van der Waals surface area (Å²) in [6.45, 7) is 0. The van der Waals surface area contributed by atoms with E-state index >= 15 is 0 Å². The average molecular weight is 409 g/mol. The summed E-state index contributed by atoms with van der Waals surface area (Å²) < 4.78 is 0. The second-order valence-corrected chi connectivity index (χ2v) is 7.38. The van der Waals surface area contributed by atoms with E-state index in [1.165, 1.54) is 16.6 Å². The molecule has 0 amide bonds. The first kappa shape index (κ1) is 22.4. The van der Waals surface area contributed by atoms with Crippen LogP contribution in [0.1, 0.15) is 47.6 Å². The van der Waals surface area contributed by atoms with Crippen LogP contribution in [0.3, 0.4) is 0 Å². The summed E-state index contributed by atoms with van der Waals surface area (Å²) in [5.41, 5.74) is 3.67. The molecule has 0 fully saturated rings. The zero-order valence-electron chi connectivity index (χ0n) is 14.1. The Kier molecular flexibility index (Phi) is 13.1. The van der Waals surface area contributed by atoms with Gasteiger partial charge in [0, 0.05) is 0 Å². The van der Waals surface area contributed by atoms with Crippen molar-refractivity contribution in [3.8, 4) is 0 Å². The molecule has 5 heteroatoms. The molecule has 2 unspecified atom stereocenters. The van der Waals surface area contributed by atoms with Crippen LogP contribution >= 0.6 is 47.7 Å². The van der Waals surface area contributed by atoms with Crippen LogP contribution in [0.25, 0.3) is 0 Å². The molecule has 2 rings (SSSR count). The Bertz CT molecular complexity index is 554. The molecule has 2 aromatic rings. The van der Waals surface area contributed by atoms with Crippen LogP contribution in [0.2, 0.25) is 0 Å². The van der Waals surface area contributed by atoms with Crippen molar-refractivity contribution in [3.63, 3.8) is 0 Å². The van der Waals surface area contributed by atoms with Gasteiger partial charge in [0.15, 0.2) is 0 Å². The first-order chi connectivity index (χ1) is 12.2. The normalized spacial score (nSPS) is 12.8. The van der Waals surface area contributed by atoms with Gasteiger partial charge in [-0.25, -0.2) is 0 Å².